The minimum absolute atomic E-state index is 0.0450. The number of hydrogen-bond donors (Lipinski definition) is 2. The SMILES string of the molecule is CCc1cccc(CC)c1-n1nc2c(c1-c1ccc(F)c3c1ccn3C(=O)O)CN(Cc1ccc(C(F)(F)F)cc1C(F)(F)F)C2(C)C.O=P(O)(OCc1ccccc1)OCc1ccccc1. The van der Waals surface area contributed by atoms with Crippen molar-refractivity contribution in [2.75, 3.05) is 0 Å². The maximum absolute atomic E-state index is 15.2. The van der Waals surface area contributed by atoms with Gasteiger partial charge in [-0.05, 0) is 84.8 Å². The third-order valence-corrected chi connectivity index (χ3v) is 12.6. The number of aromatic nitrogens is 3. The van der Waals surface area contributed by atoms with Crippen molar-refractivity contribution in [3.05, 3.63) is 177 Å². The number of carboxylic acid groups (broad SMARTS) is 1. The second-order valence-electron chi connectivity index (χ2n) is 16.3. The van der Waals surface area contributed by atoms with Gasteiger partial charge in [0, 0.05) is 35.8 Å². The molecule has 3 heterocycles. The van der Waals surface area contributed by atoms with Crippen molar-refractivity contribution in [2.24, 2.45) is 0 Å². The van der Waals surface area contributed by atoms with Gasteiger partial charge in [-0.2, -0.15) is 31.4 Å². The molecule has 0 saturated carbocycles. The summed E-state index contributed by atoms with van der Waals surface area (Å²) >= 11 is 0. The zero-order valence-electron chi connectivity index (χ0n) is 36.7. The molecule has 5 aromatic carbocycles. The molecule has 0 saturated heterocycles. The first-order valence-corrected chi connectivity index (χ1v) is 22.6. The zero-order chi connectivity index (χ0) is 48.5. The fourth-order valence-corrected chi connectivity index (χ4v) is 8.95. The molecule has 1 aliphatic heterocycles. The molecule has 0 bridgehead atoms. The summed E-state index contributed by atoms with van der Waals surface area (Å²) in [5, 5.41) is 15.1. The smallest absolute Gasteiger partial charge is 0.464 e. The van der Waals surface area contributed by atoms with E-state index in [4.69, 9.17) is 14.1 Å². The maximum atomic E-state index is 15.2. The Morgan fingerprint density at radius 3 is 1.88 bits per heavy atom. The Balaban J connectivity index is 0.000000293. The number of aryl methyl sites for hydroxylation is 2. The van der Waals surface area contributed by atoms with Gasteiger partial charge in [0.25, 0.3) is 0 Å². The minimum atomic E-state index is -5.04. The first-order chi connectivity index (χ1) is 31.6. The van der Waals surface area contributed by atoms with E-state index >= 15 is 4.39 Å². The first-order valence-electron chi connectivity index (χ1n) is 21.1. The highest BCUT2D eigenvalue weighted by molar-refractivity contribution is 7.47. The summed E-state index contributed by atoms with van der Waals surface area (Å²) in [6.45, 7) is 7.36. The summed E-state index contributed by atoms with van der Waals surface area (Å²) in [6.07, 6.45) is -8.83. The summed E-state index contributed by atoms with van der Waals surface area (Å²) in [6, 6.07) is 30.1. The summed E-state index contributed by atoms with van der Waals surface area (Å²) in [5.74, 6) is -0.754. The van der Waals surface area contributed by atoms with E-state index in [0.29, 0.717) is 46.8 Å². The van der Waals surface area contributed by atoms with Crippen LogP contribution in [0.2, 0.25) is 0 Å². The molecular formula is C49H46F7N4O6P. The van der Waals surface area contributed by atoms with Crippen LogP contribution in [0.4, 0.5) is 35.5 Å². The van der Waals surface area contributed by atoms with Gasteiger partial charge in [-0.1, -0.05) is 98.8 Å². The molecular weight excluding hydrogens is 905 g/mol. The summed E-state index contributed by atoms with van der Waals surface area (Å²) in [7, 11) is -4.02. The van der Waals surface area contributed by atoms with Gasteiger partial charge in [0.1, 0.15) is 5.82 Å². The second kappa shape index (κ2) is 19.2. The molecule has 0 atom stereocenters. The van der Waals surface area contributed by atoms with Crippen molar-refractivity contribution in [3.63, 3.8) is 0 Å². The van der Waals surface area contributed by atoms with E-state index in [9.17, 15) is 45.7 Å². The maximum Gasteiger partial charge on any atom is 0.472 e. The molecule has 0 spiro atoms. The van der Waals surface area contributed by atoms with Gasteiger partial charge in [-0.3, -0.25) is 13.9 Å². The number of para-hydroxylation sites is 1. The summed E-state index contributed by atoms with van der Waals surface area (Å²) in [5.41, 5.74) is 2.27. The number of halogens is 7. The number of benzene rings is 5. The number of nitrogens with zero attached hydrogens (tertiary/aromatic N) is 4. The van der Waals surface area contributed by atoms with Gasteiger partial charge >= 0.3 is 26.3 Å². The van der Waals surface area contributed by atoms with E-state index < -0.39 is 48.8 Å². The molecule has 7 aromatic rings. The van der Waals surface area contributed by atoms with Crippen LogP contribution in [-0.2, 0) is 70.6 Å². The topological polar surface area (TPSA) is 119 Å². The van der Waals surface area contributed by atoms with Crippen LogP contribution in [0, 0.1) is 5.82 Å². The van der Waals surface area contributed by atoms with E-state index in [0.717, 1.165) is 38.6 Å². The minimum Gasteiger partial charge on any atom is -0.464 e. The van der Waals surface area contributed by atoms with Crippen LogP contribution in [0.3, 0.4) is 0 Å². The normalized spacial score (nSPS) is 14.0. The fourth-order valence-electron chi connectivity index (χ4n) is 8.25. The lowest BCUT2D eigenvalue weighted by atomic mass is 9.96. The Morgan fingerprint density at radius 2 is 1.36 bits per heavy atom. The molecule has 352 valence electrons. The van der Waals surface area contributed by atoms with Crippen molar-refractivity contribution in [1.29, 1.82) is 0 Å². The van der Waals surface area contributed by atoms with Crippen LogP contribution < -0.4 is 0 Å². The second-order valence-corrected chi connectivity index (χ2v) is 17.8. The van der Waals surface area contributed by atoms with Crippen LogP contribution >= 0.6 is 7.82 Å². The molecule has 18 heteroatoms. The van der Waals surface area contributed by atoms with Crippen molar-refractivity contribution >= 4 is 24.8 Å². The zero-order valence-corrected chi connectivity index (χ0v) is 37.6. The van der Waals surface area contributed by atoms with Crippen molar-refractivity contribution in [1.82, 2.24) is 19.2 Å². The molecule has 0 amide bonds. The molecule has 0 unspecified atom stereocenters. The van der Waals surface area contributed by atoms with Gasteiger partial charge in [0.15, 0.2) is 0 Å². The van der Waals surface area contributed by atoms with Crippen LogP contribution in [-0.4, -0.2) is 35.3 Å². The highest BCUT2D eigenvalue weighted by Crippen LogP contribution is 2.48. The van der Waals surface area contributed by atoms with Crippen LogP contribution in [0.5, 0.6) is 0 Å². The predicted octanol–water partition coefficient (Wildman–Crippen LogP) is 13.1. The lowest BCUT2D eigenvalue weighted by molar-refractivity contribution is -0.143. The monoisotopic (exact) mass is 950 g/mol. The average Bonchev–Trinajstić information content (AvgIpc) is 3.98. The Bertz CT molecular complexity index is 2880. The van der Waals surface area contributed by atoms with Crippen LogP contribution in [0.1, 0.15) is 77.9 Å². The highest BCUT2D eigenvalue weighted by atomic mass is 31.2. The highest BCUT2D eigenvalue weighted by Gasteiger charge is 2.45. The van der Waals surface area contributed by atoms with Gasteiger partial charge in [0.05, 0.1) is 52.5 Å². The van der Waals surface area contributed by atoms with Crippen LogP contribution in [0.25, 0.3) is 27.8 Å². The average molecular weight is 951 g/mol. The molecule has 0 fully saturated rings. The number of alkyl halides is 6. The number of carbonyl (C=O) groups is 1. The Labute approximate surface area is 381 Å². The molecule has 67 heavy (non-hydrogen) atoms. The number of rotatable bonds is 12. The quantitative estimate of drug-likeness (QED) is 0.0918. The van der Waals surface area contributed by atoms with Crippen LogP contribution in [0.15, 0.2) is 121 Å². The first kappa shape index (κ1) is 48.8. The van der Waals surface area contributed by atoms with E-state index in [1.165, 1.54) is 24.4 Å². The summed E-state index contributed by atoms with van der Waals surface area (Å²) < 4.78 is 122. The van der Waals surface area contributed by atoms with Gasteiger partial charge in [-0.15, -0.1) is 0 Å². The standard InChI is InChI=1S/C35H31F7N4O2.C14H15O4P/c1-5-19-8-7-9-20(6-2)28(19)46-29(23-12-13-27(36)30-24(23)14-15-45(30)32(47)48)25-18-44(33(3,4)31(25)43-46)17-21-10-11-22(34(37,38)39)16-26(21)35(40,41)42;15-19(16,17-11-13-7-3-1-4-8-13)18-12-14-9-5-2-6-10-14/h7-16H,5-6,17-18H2,1-4H3,(H,47,48);1-10H,11-12H2,(H,15,16). The van der Waals surface area contributed by atoms with Gasteiger partial charge < -0.3 is 10.00 Å². The Hall–Kier alpha value is -6.10. The number of fused-ring (bicyclic) bond motifs is 2. The van der Waals surface area contributed by atoms with Gasteiger partial charge in [0.2, 0.25) is 0 Å². The molecule has 10 nitrogen and oxygen atoms in total. The Morgan fingerprint density at radius 1 is 0.776 bits per heavy atom. The van der Waals surface area contributed by atoms with E-state index in [-0.39, 0.29) is 43.4 Å². The fraction of sp³-hybridized carbons (Fsp3) is 0.265. The van der Waals surface area contributed by atoms with Crippen molar-refractivity contribution < 1.29 is 59.1 Å². The lowest BCUT2D eigenvalue weighted by Crippen LogP contribution is -2.36. The number of hydrogen-bond acceptors (Lipinski definition) is 6. The molecule has 0 radical (unpaired) electrons. The molecule has 2 aromatic heterocycles. The number of phosphoric ester groups is 1. The largest absolute Gasteiger partial charge is 0.472 e. The molecule has 8 rings (SSSR count). The van der Waals surface area contributed by atoms with Crippen molar-refractivity contribution in [2.45, 2.75) is 84.7 Å². The van der Waals surface area contributed by atoms with Crippen molar-refractivity contribution in [3.8, 4) is 16.9 Å². The third-order valence-electron chi connectivity index (χ3n) is 11.7. The summed E-state index contributed by atoms with van der Waals surface area (Å²) in [4.78, 5) is 23.2. The van der Waals surface area contributed by atoms with Gasteiger partial charge in [-0.25, -0.2) is 23.0 Å². The number of phosphoric acid groups is 1. The lowest BCUT2D eigenvalue weighted by Gasteiger charge is -2.33. The molecule has 1 aliphatic rings. The predicted molar refractivity (Wildman–Crippen MR) is 238 cm³/mol. The molecule has 0 aliphatic carbocycles. The van der Waals surface area contributed by atoms with E-state index in [1.54, 1.807) is 23.4 Å². The van der Waals surface area contributed by atoms with E-state index in [2.05, 4.69) is 0 Å². The third kappa shape index (κ3) is 10.4. The van der Waals surface area contributed by atoms with E-state index in [1.807, 2.05) is 92.7 Å². The Kier molecular flexibility index (Phi) is 14.0. The molecule has 2 N–H and O–H groups in total.